The molecule has 148 valence electrons. The summed E-state index contributed by atoms with van der Waals surface area (Å²) in [5, 5.41) is 7.46. The number of benzene rings is 2. The predicted molar refractivity (Wildman–Crippen MR) is 116 cm³/mol. The second-order valence-electron chi connectivity index (χ2n) is 5.91. The van der Waals surface area contributed by atoms with Gasteiger partial charge in [0.15, 0.2) is 18.1 Å². The number of ether oxygens (including phenoxy) is 2. The molecular formula is C22H20N2O4S. The smallest absolute Gasteiger partial charge is 0.262 e. The van der Waals surface area contributed by atoms with Crippen LogP contribution in [0.5, 0.6) is 11.5 Å². The van der Waals surface area contributed by atoms with Crippen LogP contribution in [-0.4, -0.2) is 25.5 Å². The highest BCUT2D eigenvalue weighted by Gasteiger charge is 2.08. The van der Waals surface area contributed by atoms with E-state index in [9.17, 15) is 9.59 Å². The zero-order valence-electron chi connectivity index (χ0n) is 15.8. The Bertz CT molecular complexity index is 1000. The first-order valence-corrected chi connectivity index (χ1v) is 9.70. The van der Waals surface area contributed by atoms with Crippen LogP contribution in [0.4, 0.5) is 11.4 Å². The molecule has 7 heteroatoms. The maximum atomic E-state index is 12.2. The van der Waals surface area contributed by atoms with Crippen molar-refractivity contribution in [1.82, 2.24) is 0 Å². The second-order valence-corrected chi connectivity index (χ2v) is 6.89. The number of anilines is 2. The monoisotopic (exact) mass is 408 g/mol. The normalized spacial score (nSPS) is 10.5. The van der Waals surface area contributed by atoms with Gasteiger partial charge in [0, 0.05) is 22.3 Å². The van der Waals surface area contributed by atoms with E-state index in [4.69, 9.17) is 9.47 Å². The topological polar surface area (TPSA) is 76.7 Å². The van der Waals surface area contributed by atoms with Crippen molar-refractivity contribution in [2.75, 3.05) is 24.4 Å². The number of carbonyl (C=O) groups is 2. The maximum Gasteiger partial charge on any atom is 0.262 e. The maximum absolute atomic E-state index is 12.2. The van der Waals surface area contributed by atoms with Crippen molar-refractivity contribution in [3.63, 3.8) is 0 Å². The Balaban J connectivity index is 1.53. The molecule has 0 bridgehead atoms. The van der Waals surface area contributed by atoms with Crippen LogP contribution in [0, 0.1) is 0 Å². The average Bonchev–Trinajstić information content (AvgIpc) is 3.25. The van der Waals surface area contributed by atoms with Crippen molar-refractivity contribution in [3.8, 4) is 11.5 Å². The Labute approximate surface area is 172 Å². The lowest BCUT2D eigenvalue weighted by Crippen LogP contribution is -2.20. The minimum absolute atomic E-state index is 0.166. The summed E-state index contributed by atoms with van der Waals surface area (Å²) >= 11 is 1.55. The largest absolute Gasteiger partial charge is 0.493 e. The molecule has 0 aliphatic carbocycles. The summed E-state index contributed by atoms with van der Waals surface area (Å²) in [4.78, 5) is 25.2. The van der Waals surface area contributed by atoms with Gasteiger partial charge in [-0.1, -0.05) is 24.3 Å². The molecule has 0 aliphatic heterocycles. The van der Waals surface area contributed by atoms with Crippen molar-refractivity contribution in [2.24, 2.45) is 0 Å². The molecule has 2 aromatic carbocycles. The number of methoxy groups -OCH3 is 1. The molecule has 0 atom stereocenters. The quantitative estimate of drug-likeness (QED) is 0.541. The van der Waals surface area contributed by atoms with Crippen LogP contribution in [0.2, 0.25) is 0 Å². The van der Waals surface area contributed by atoms with Crippen molar-refractivity contribution < 1.29 is 19.1 Å². The van der Waals surface area contributed by atoms with E-state index < -0.39 is 0 Å². The van der Waals surface area contributed by atoms with Gasteiger partial charge in [-0.25, -0.2) is 0 Å². The van der Waals surface area contributed by atoms with Gasteiger partial charge in [-0.05, 0) is 47.9 Å². The first-order chi connectivity index (χ1) is 14.1. The molecule has 0 saturated heterocycles. The number of rotatable bonds is 8. The zero-order chi connectivity index (χ0) is 20.5. The van der Waals surface area contributed by atoms with Gasteiger partial charge >= 0.3 is 0 Å². The van der Waals surface area contributed by atoms with Crippen molar-refractivity contribution in [2.45, 2.75) is 0 Å². The summed E-state index contributed by atoms with van der Waals surface area (Å²) in [5.41, 5.74) is 1.13. The van der Waals surface area contributed by atoms with E-state index in [1.807, 2.05) is 23.6 Å². The Morgan fingerprint density at radius 3 is 2.45 bits per heavy atom. The van der Waals surface area contributed by atoms with Gasteiger partial charge in [-0.3, -0.25) is 9.59 Å². The highest BCUT2D eigenvalue weighted by molar-refractivity contribution is 7.10. The van der Waals surface area contributed by atoms with E-state index in [1.165, 1.54) is 13.2 Å². The lowest BCUT2D eigenvalue weighted by atomic mass is 10.2. The Morgan fingerprint density at radius 1 is 0.966 bits per heavy atom. The lowest BCUT2D eigenvalue weighted by Gasteiger charge is -2.11. The number of hydrogen-bond donors (Lipinski definition) is 2. The van der Waals surface area contributed by atoms with Gasteiger partial charge in [0.1, 0.15) is 0 Å². The van der Waals surface area contributed by atoms with Gasteiger partial charge in [0.25, 0.3) is 5.91 Å². The van der Waals surface area contributed by atoms with E-state index >= 15 is 0 Å². The fourth-order valence-electron chi connectivity index (χ4n) is 2.48. The Hall–Kier alpha value is -3.58. The SMILES string of the molecule is COc1ccccc1OCC(=O)Nc1cccc(NC(=O)C=Cc2cccs2)c1. The van der Waals surface area contributed by atoms with Crippen LogP contribution in [0.25, 0.3) is 6.08 Å². The van der Waals surface area contributed by atoms with Crippen LogP contribution in [0.1, 0.15) is 4.88 Å². The van der Waals surface area contributed by atoms with Gasteiger partial charge in [0.2, 0.25) is 5.91 Å². The van der Waals surface area contributed by atoms with Crippen molar-refractivity contribution in [1.29, 1.82) is 0 Å². The third-order valence-electron chi connectivity index (χ3n) is 3.78. The molecule has 3 aromatic rings. The average molecular weight is 408 g/mol. The molecule has 1 heterocycles. The number of hydrogen-bond acceptors (Lipinski definition) is 5. The van der Waals surface area contributed by atoms with Gasteiger partial charge in [-0.15, -0.1) is 11.3 Å². The van der Waals surface area contributed by atoms with Gasteiger partial charge < -0.3 is 20.1 Å². The van der Waals surface area contributed by atoms with Gasteiger partial charge in [-0.2, -0.15) is 0 Å². The fourth-order valence-corrected chi connectivity index (χ4v) is 3.10. The third-order valence-corrected chi connectivity index (χ3v) is 4.62. The molecule has 0 unspecified atom stereocenters. The fraction of sp³-hybridized carbons (Fsp3) is 0.0909. The van der Waals surface area contributed by atoms with Gasteiger partial charge in [0.05, 0.1) is 7.11 Å². The molecule has 0 saturated carbocycles. The predicted octanol–water partition coefficient (Wildman–Crippen LogP) is 4.43. The summed E-state index contributed by atoms with van der Waals surface area (Å²) in [6.45, 7) is -0.166. The van der Waals surface area contributed by atoms with E-state index in [0.717, 1.165) is 4.88 Å². The van der Waals surface area contributed by atoms with E-state index in [-0.39, 0.29) is 18.4 Å². The van der Waals surface area contributed by atoms with Crippen molar-refractivity contribution >= 4 is 40.6 Å². The Kier molecular flexibility index (Phi) is 7.02. The number of para-hydroxylation sites is 2. The molecular weight excluding hydrogens is 388 g/mol. The highest BCUT2D eigenvalue weighted by Crippen LogP contribution is 2.25. The molecule has 6 nitrogen and oxygen atoms in total. The molecule has 3 rings (SSSR count). The molecule has 1 aromatic heterocycles. The minimum atomic E-state index is -0.322. The summed E-state index contributed by atoms with van der Waals surface area (Å²) in [5.74, 6) is 0.475. The molecule has 0 radical (unpaired) electrons. The standard InChI is InChI=1S/C22H20N2O4S/c1-27-19-9-2-3-10-20(19)28-15-22(26)24-17-7-4-6-16(14-17)23-21(25)12-11-18-8-5-13-29-18/h2-14H,15H2,1H3,(H,23,25)(H,24,26). The van der Waals surface area contributed by atoms with E-state index in [1.54, 1.807) is 59.9 Å². The van der Waals surface area contributed by atoms with E-state index in [2.05, 4.69) is 10.6 Å². The van der Waals surface area contributed by atoms with Crippen LogP contribution in [0.15, 0.2) is 72.1 Å². The van der Waals surface area contributed by atoms with Crippen LogP contribution in [-0.2, 0) is 9.59 Å². The van der Waals surface area contributed by atoms with Crippen LogP contribution >= 0.6 is 11.3 Å². The number of nitrogens with one attached hydrogen (secondary N) is 2. The number of carbonyl (C=O) groups excluding carboxylic acids is 2. The molecule has 2 N–H and O–H groups in total. The summed E-state index contributed by atoms with van der Waals surface area (Å²) in [6, 6.07) is 17.9. The first kappa shape index (κ1) is 20.2. The highest BCUT2D eigenvalue weighted by atomic mass is 32.1. The van der Waals surface area contributed by atoms with Crippen LogP contribution < -0.4 is 20.1 Å². The third kappa shape index (κ3) is 6.22. The summed E-state index contributed by atoms with van der Waals surface area (Å²) < 4.78 is 10.7. The minimum Gasteiger partial charge on any atom is -0.493 e. The molecule has 0 aliphatic rings. The number of thiophene rings is 1. The van der Waals surface area contributed by atoms with E-state index in [0.29, 0.717) is 22.9 Å². The molecule has 0 fully saturated rings. The lowest BCUT2D eigenvalue weighted by molar-refractivity contribution is -0.118. The second kappa shape index (κ2) is 10.1. The molecule has 0 spiro atoms. The molecule has 29 heavy (non-hydrogen) atoms. The Morgan fingerprint density at radius 2 is 1.72 bits per heavy atom. The summed E-state index contributed by atoms with van der Waals surface area (Å²) in [6.07, 6.45) is 3.22. The van der Waals surface area contributed by atoms with Crippen LogP contribution in [0.3, 0.4) is 0 Å². The first-order valence-electron chi connectivity index (χ1n) is 8.82. The summed E-state index contributed by atoms with van der Waals surface area (Å²) in [7, 11) is 1.54. The molecule has 2 amide bonds. The zero-order valence-corrected chi connectivity index (χ0v) is 16.6. The van der Waals surface area contributed by atoms with Crippen molar-refractivity contribution in [3.05, 3.63) is 77.0 Å². The number of amides is 2.